The van der Waals surface area contributed by atoms with E-state index in [4.69, 9.17) is 4.74 Å². The fourth-order valence-electron chi connectivity index (χ4n) is 1.75. The Balaban J connectivity index is 2.44. The first kappa shape index (κ1) is 15.2. The molecule has 0 atom stereocenters. The third-order valence-corrected chi connectivity index (χ3v) is 2.45. The number of hydrogen-bond donors (Lipinski definition) is 2. The number of amides is 2. The fourth-order valence-corrected chi connectivity index (χ4v) is 1.75. The lowest BCUT2D eigenvalue weighted by Gasteiger charge is -2.08. The summed E-state index contributed by atoms with van der Waals surface area (Å²) < 4.78 is 4.80. The highest BCUT2D eigenvalue weighted by molar-refractivity contribution is 6.03. The predicted octanol–water partition coefficient (Wildman–Crippen LogP) is 1.39. The van der Waals surface area contributed by atoms with Crippen LogP contribution in [0.1, 0.15) is 17.5 Å². The van der Waals surface area contributed by atoms with Crippen LogP contribution >= 0.6 is 0 Å². The number of aryl methyl sites for hydroxylation is 2. The highest BCUT2D eigenvalue weighted by Gasteiger charge is 2.09. The van der Waals surface area contributed by atoms with Gasteiger partial charge in [-0.05, 0) is 37.1 Å². The summed E-state index contributed by atoms with van der Waals surface area (Å²) in [7, 11) is 1.55. The number of anilines is 1. The van der Waals surface area contributed by atoms with Crippen molar-refractivity contribution in [1.82, 2.24) is 5.32 Å². The van der Waals surface area contributed by atoms with E-state index in [2.05, 4.69) is 10.6 Å². The standard InChI is InChI=1S/C14H20N2O3/c1-10-6-11(2)8-12(7-10)16-14(18)9-13(17)15-4-5-19-3/h6-8H,4-5,9H2,1-3H3,(H,15,17)(H,16,18). The van der Waals surface area contributed by atoms with Gasteiger partial charge in [-0.25, -0.2) is 0 Å². The van der Waals surface area contributed by atoms with Gasteiger partial charge < -0.3 is 15.4 Å². The Morgan fingerprint density at radius 3 is 2.32 bits per heavy atom. The zero-order valence-corrected chi connectivity index (χ0v) is 11.6. The number of rotatable bonds is 6. The topological polar surface area (TPSA) is 67.4 Å². The van der Waals surface area contributed by atoms with Crippen LogP contribution in [0, 0.1) is 13.8 Å². The van der Waals surface area contributed by atoms with Gasteiger partial charge in [-0.2, -0.15) is 0 Å². The van der Waals surface area contributed by atoms with Gasteiger partial charge in [0.25, 0.3) is 0 Å². The van der Waals surface area contributed by atoms with E-state index in [9.17, 15) is 9.59 Å². The summed E-state index contributed by atoms with van der Waals surface area (Å²) in [6.07, 6.45) is -0.184. The first-order valence-electron chi connectivity index (χ1n) is 6.15. The molecule has 0 unspecified atom stereocenters. The Morgan fingerprint density at radius 2 is 1.74 bits per heavy atom. The maximum absolute atomic E-state index is 11.7. The SMILES string of the molecule is COCCNC(=O)CC(=O)Nc1cc(C)cc(C)c1. The molecule has 19 heavy (non-hydrogen) atoms. The highest BCUT2D eigenvalue weighted by Crippen LogP contribution is 2.13. The van der Waals surface area contributed by atoms with Crippen molar-refractivity contribution < 1.29 is 14.3 Å². The largest absolute Gasteiger partial charge is 0.383 e. The van der Waals surface area contributed by atoms with Crippen LogP contribution in [0.2, 0.25) is 0 Å². The van der Waals surface area contributed by atoms with E-state index in [-0.39, 0.29) is 18.2 Å². The van der Waals surface area contributed by atoms with Crippen molar-refractivity contribution in [2.75, 3.05) is 25.6 Å². The Bertz CT molecular complexity index is 438. The fraction of sp³-hybridized carbons (Fsp3) is 0.429. The Morgan fingerprint density at radius 1 is 1.11 bits per heavy atom. The maximum Gasteiger partial charge on any atom is 0.233 e. The number of methoxy groups -OCH3 is 1. The summed E-state index contributed by atoms with van der Waals surface area (Å²) in [4.78, 5) is 23.1. The molecule has 5 heteroatoms. The van der Waals surface area contributed by atoms with Crippen LogP contribution in [0.5, 0.6) is 0 Å². The first-order chi connectivity index (χ1) is 9.01. The molecular weight excluding hydrogens is 244 g/mol. The van der Waals surface area contributed by atoms with Crippen molar-refractivity contribution in [3.63, 3.8) is 0 Å². The van der Waals surface area contributed by atoms with Crippen LogP contribution in [-0.4, -0.2) is 32.1 Å². The van der Waals surface area contributed by atoms with E-state index < -0.39 is 0 Å². The normalized spacial score (nSPS) is 10.1. The van der Waals surface area contributed by atoms with Crippen molar-refractivity contribution in [2.24, 2.45) is 0 Å². The smallest absolute Gasteiger partial charge is 0.233 e. The average Bonchev–Trinajstić information content (AvgIpc) is 2.27. The molecule has 0 aliphatic carbocycles. The third kappa shape index (κ3) is 6.01. The van der Waals surface area contributed by atoms with Crippen LogP contribution in [-0.2, 0) is 14.3 Å². The van der Waals surface area contributed by atoms with E-state index >= 15 is 0 Å². The monoisotopic (exact) mass is 264 g/mol. The van der Waals surface area contributed by atoms with Crippen LogP contribution in [0.15, 0.2) is 18.2 Å². The summed E-state index contributed by atoms with van der Waals surface area (Å²) in [5, 5.41) is 5.31. The quantitative estimate of drug-likeness (QED) is 0.603. The molecule has 0 radical (unpaired) electrons. The summed E-state index contributed by atoms with van der Waals surface area (Å²) in [6.45, 7) is 4.76. The molecule has 0 saturated carbocycles. The van der Waals surface area contributed by atoms with Gasteiger partial charge in [0, 0.05) is 19.3 Å². The van der Waals surface area contributed by atoms with Crippen LogP contribution in [0.25, 0.3) is 0 Å². The molecule has 2 N–H and O–H groups in total. The number of carbonyl (C=O) groups is 2. The average molecular weight is 264 g/mol. The summed E-state index contributed by atoms with van der Waals surface area (Å²) >= 11 is 0. The van der Waals surface area contributed by atoms with Crippen LogP contribution < -0.4 is 10.6 Å². The number of ether oxygens (including phenoxy) is 1. The van der Waals surface area contributed by atoms with Gasteiger partial charge in [0.15, 0.2) is 0 Å². The van der Waals surface area contributed by atoms with Gasteiger partial charge >= 0.3 is 0 Å². The summed E-state index contributed by atoms with van der Waals surface area (Å²) in [5.41, 5.74) is 2.85. The molecular formula is C14H20N2O3. The molecule has 1 aromatic rings. The van der Waals surface area contributed by atoms with Crippen molar-refractivity contribution in [3.8, 4) is 0 Å². The minimum atomic E-state index is -0.320. The third-order valence-electron chi connectivity index (χ3n) is 2.45. The molecule has 0 aliphatic rings. The van der Waals surface area contributed by atoms with E-state index in [1.807, 2.05) is 32.0 Å². The second-order valence-electron chi connectivity index (χ2n) is 4.44. The van der Waals surface area contributed by atoms with Crippen LogP contribution in [0.3, 0.4) is 0 Å². The van der Waals surface area contributed by atoms with E-state index in [0.717, 1.165) is 11.1 Å². The van der Waals surface area contributed by atoms with Crippen LogP contribution in [0.4, 0.5) is 5.69 Å². The zero-order chi connectivity index (χ0) is 14.3. The number of nitrogens with one attached hydrogen (secondary N) is 2. The second kappa shape index (κ2) is 7.53. The van der Waals surface area contributed by atoms with Crippen molar-refractivity contribution in [2.45, 2.75) is 20.3 Å². The zero-order valence-electron chi connectivity index (χ0n) is 11.6. The molecule has 0 heterocycles. The summed E-state index contributed by atoms with van der Waals surface area (Å²) in [6, 6.07) is 5.76. The number of benzene rings is 1. The summed E-state index contributed by atoms with van der Waals surface area (Å²) in [5.74, 6) is -0.626. The predicted molar refractivity (Wildman–Crippen MR) is 74.0 cm³/mol. The van der Waals surface area contributed by atoms with Gasteiger partial charge in [-0.15, -0.1) is 0 Å². The molecule has 1 aromatic carbocycles. The van der Waals surface area contributed by atoms with Gasteiger partial charge in [-0.1, -0.05) is 6.07 Å². The first-order valence-corrected chi connectivity index (χ1v) is 6.15. The molecule has 0 spiro atoms. The molecule has 0 saturated heterocycles. The van der Waals surface area contributed by atoms with Gasteiger partial charge in [0.2, 0.25) is 11.8 Å². The van der Waals surface area contributed by atoms with Gasteiger partial charge in [0.05, 0.1) is 6.61 Å². The lowest BCUT2D eigenvalue weighted by atomic mass is 10.1. The molecule has 0 fully saturated rings. The van der Waals surface area contributed by atoms with Gasteiger partial charge in [-0.3, -0.25) is 9.59 Å². The Kier molecular flexibility index (Phi) is 6.02. The minimum Gasteiger partial charge on any atom is -0.383 e. The van der Waals surface area contributed by atoms with E-state index in [1.54, 1.807) is 7.11 Å². The molecule has 0 aromatic heterocycles. The lowest BCUT2D eigenvalue weighted by molar-refractivity contribution is -0.126. The molecule has 0 bridgehead atoms. The van der Waals surface area contributed by atoms with Crippen molar-refractivity contribution in [3.05, 3.63) is 29.3 Å². The van der Waals surface area contributed by atoms with Crippen molar-refractivity contribution >= 4 is 17.5 Å². The second-order valence-corrected chi connectivity index (χ2v) is 4.44. The molecule has 2 amide bonds. The lowest BCUT2D eigenvalue weighted by Crippen LogP contribution is -2.30. The number of hydrogen-bond acceptors (Lipinski definition) is 3. The highest BCUT2D eigenvalue weighted by atomic mass is 16.5. The van der Waals surface area contributed by atoms with E-state index in [1.165, 1.54) is 0 Å². The molecule has 104 valence electrons. The van der Waals surface area contributed by atoms with Crippen molar-refractivity contribution in [1.29, 1.82) is 0 Å². The minimum absolute atomic E-state index is 0.184. The maximum atomic E-state index is 11.7. The van der Waals surface area contributed by atoms with E-state index in [0.29, 0.717) is 18.8 Å². The molecule has 5 nitrogen and oxygen atoms in total. The molecule has 1 rings (SSSR count). The van der Waals surface area contributed by atoms with Gasteiger partial charge in [0.1, 0.15) is 6.42 Å². The molecule has 0 aliphatic heterocycles. The Hall–Kier alpha value is -1.88. The number of carbonyl (C=O) groups excluding carboxylic acids is 2. The Labute approximate surface area is 113 Å².